The van der Waals surface area contributed by atoms with Crippen molar-refractivity contribution >= 4 is 18.0 Å². The summed E-state index contributed by atoms with van der Waals surface area (Å²) in [4.78, 5) is 10.7. The van der Waals surface area contributed by atoms with Crippen LogP contribution in [0.4, 0.5) is 0 Å². The second kappa shape index (κ2) is 5.81. The Balaban J connectivity index is 2.51. The van der Waals surface area contributed by atoms with Crippen LogP contribution in [0.2, 0.25) is 0 Å². The molecule has 0 aliphatic carbocycles. The van der Waals surface area contributed by atoms with Gasteiger partial charge in [0.15, 0.2) is 0 Å². The van der Waals surface area contributed by atoms with Crippen LogP contribution in [0.1, 0.15) is 5.56 Å². The van der Waals surface area contributed by atoms with Crippen LogP contribution in [-0.4, -0.2) is 18.3 Å². The minimum Gasteiger partial charge on any atom is -0.303 e. The molecule has 0 aliphatic heterocycles. The SMILES string of the molecule is CSCC(C=O)Cc1ccccc1. The van der Waals surface area contributed by atoms with Gasteiger partial charge in [0.25, 0.3) is 0 Å². The van der Waals surface area contributed by atoms with Crippen molar-refractivity contribution in [3.05, 3.63) is 35.9 Å². The first-order valence-corrected chi connectivity index (χ1v) is 5.74. The number of rotatable bonds is 5. The monoisotopic (exact) mass is 194 g/mol. The van der Waals surface area contributed by atoms with Crippen LogP contribution >= 0.6 is 11.8 Å². The summed E-state index contributed by atoms with van der Waals surface area (Å²) in [6.45, 7) is 0. The van der Waals surface area contributed by atoms with E-state index < -0.39 is 0 Å². The van der Waals surface area contributed by atoms with Crippen molar-refractivity contribution in [2.75, 3.05) is 12.0 Å². The summed E-state index contributed by atoms with van der Waals surface area (Å²) in [6.07, 6.45) is 3.95. The molecule has 70 valence electrons. The Morgan fingerprint density at radius 1 is 1.38 bits per heavy atom. The van der Waals surface area contributed by atoms with Crippen LogP contribution < -0.4 is 0 Å². The molecule has 0 aliphatic rings. The van der Waals surface area contributed by atoms with E-state index in [2.05, 4.69) is 12.1 Å². The number of hydrogen-bond donors (Lipinski definition) is 0. The summed E-state index contributed by atoms with van der Waals surface area (Å²) in [6, 6.07) is 10.1. The Morgan fingerprint density at radius 2 is 2.08 bits per heavy atom. The molecule has 1 aromatic rings. The van der Waals surface area contributed by atoms with E-state index >= 15 is 0 Å². The van der Waals surface area contributed by atoms with Gasteiger partial charge < -0.3 is 4.79 Å². The van der Waals surface area contributed by atoms with Gasteiger partial charge in [0.2, 0.25) is 0 Å². The molecule has 0 N–H and O–H groups in total. The van der Waals surface area contributed by atoms with Gasteiger partial charge in [-0.05, 0) is 18.2 Å². The third-order valence-corrected chi connectivity index (χ3v) is 2.68. The Bertz CT molecular complexity index is 246. The van der Waals surface area contributed by atoms with E-state index in [1.165, 1.54) is 5.56 Å². The van der Waals surface area contributed by atoms with E-state index in [1.54, 1.807) is 11.8 Å². The molecule has 0 fully saturated rings. The lowest BCUT2D eigenvalue weighted by molar-refractivity contribution is -0.110. The van der Waals surface area contributed by atoms with Gasteiger partial charge in [-0.2, -0.15) is 11.8 Å². The topological polar surface area (TPSA) is 17.1 Å². The molecule has 0 saturated heterocycles. The highest BCUT2D eigenvalue weighted by Crippen LogP contribution is 2.10. The lowest BCUT2D eigenvalue weighted by Crippen LogP contribution is -2.08. The normalized spacial score (nSPS) is 12.4. The summed E-state index contributed by atoms with van der Waals surface area (Å²) in [5, 5.41) is 0. The van der Waals surface area contributed by atoms with Crippen molar-refractivity contribution in [2.45, 2.75) is 6.42 Å². The molecule has 0 spiro atoms. The summed E-state index contributed by atoms with van der Waals surface area (Å²) in [5.41, 5.74) is 1.24. The van der Waals surface area contributed by atoms with Gasteiger partial charge in [-0.1, -0.05) is 30.3 Å². The first-order valence-electron chi connectivity index (χ1n) is 4.35. The average molecular weight is 194 g/mol. The molecule has 0 radical (unpaired) electrons. The Morgan fingerprint density at radius 3 is 2.62 bits per heavy atom. The van der Waals surface area contributed by atoms with Crippen molar-refractivity contribution in [1.82, 2.24) is 0 Å². The highest BCUT2D eigenvalue weighted by Gasteiger charge is 2.06. The quantitative estimate of drug-likeness (QED) is 0.670. The maximum absolute atomic E-state index is 10.7. The molecule has 1 nitrogen and oxygen atoms in total. The third-order valence-electron chi connectivity index (χ3n) is 1.91. The van der Waals surface area contributed by atoms with Crippen molar-refractivity contribution in [3.63, 3.8) is 0 Å². The van der Waals surface area contributed by atoms with E-state index in [0.717, 1.165) is 18.5 Å². The van der Waals surface area contributed by atoms with Crippen molar-refractivity contribution < 1.29 is 4.79 Å². The predicted molar refractivity (Wildman–Crippen MR) is 58.1 cm³/mol. The molecule has 1 rings (SSSR count). The second-order valence-corrected chi connectivity index (χ2v) is 3.95. The first-order chi connectivity index (χ1) is 6.36. The van der Waals surface area contributed by atoms with Crippen LogP contribution in [0, 0.1) is 5.92 Å². The highest BCUT2D eigenvalue weighted by atomic mass is 32.2. The molecule has 1 unspecified atom stereocenters. The zero-order valence-electron chi connectivity index (χ0n) is 7.77. The second-order valence-electron chi connectivity index (χ2n) is 3.04. The van der Waals surface area contributed by atoms with E-state index in [0.29, 0.717) is 0 Å². The highest BCUT2D eigenvalue weighted by molar-refractivity contribution is 7.98. The molecule has 0 amide bonds. The van der Waals surface area contributed by atoms with Gasteiger partial charge in [-0.15, -0.1) is 0 Å². The van der Waals surface area contributed by atoms with Crippen molar-refractivity contribution in [2.24, 2.45) is 5.92 Å². The van der Waals surface area contributed by atoms with Gasteiger partial charge in [-0.3, -0.25) is 0 Å². The fourth-order valence-corrected chi connectivity index (χ4v) is 1.90. The van der Waals surface area contributed by atoms with E-state index in [4.69, 9.17) is 0 Å². The number of thioether (sulfide) groups is 1. The molecular weight excluding hydrogens is 180 g/mol. The maximum atomic E-state index is 10.7. The molecule has 1 atom stereocenters. The van der Waals surface area contributed by atoms with Crippen LogP contribution in [0.5, 0.6) is 0 Å². The minimum atomic E-state index is 0.164. The summed E-state index contributed by atoms with van der Waals surface area (Å²) >= 11 is 1.72. The van der Waals surface area contributed by atoms with Gasteiger partial charge >= 0.3 is 0 Å². The van der Waals surface area contributed by atoms with Crippen molar-refractivity contribution in [3.8, 4) is 0 Å². The number of hydrogen-bond acceptors (Lipinski definition) is 2. The molecule has 0 saturated carbocycles. The standard InChI is InChI=1S/C11H14OS/c1-13-9-11(8-12)7-10-5-3-2-4-6-10/h2-6,8,11H,7,9H2,1H3. The molecule has 1 aromatic carbocycles. The molecule has 13 heavy (non-hydrogen) atoms. The lowest BCUT2D eigenvalue weighted by Gasteiger charge is -2.07. The molecule has 0 bridgehead atoms. The summed E-state index contributed by atoms with van der Waals surface area (Å²) in [5.74, 6) is 1.08. The van der Waals surface area contributed by atoms with Gasteiger partial charge in [0.05, 0.1) is 0 Å². The summed E-state index contributed by atoms with van der Waals surface area (Å²) in [7, 11) is 0. The molecule has 0 heterocycles. The third kappa shape index (κ3) is 3.64. The van der Waals surface area contributed by atoms with Crippen LogP contribution in [-0.2, 0) is 11.2 Å². The largest absolute Gasteiger partial charge is 0.303 e. The average Bonchev–Trinajstić information content (AvgIpc) is 2.19. The predicted octanol–water partition coefficient (Wildman–Crippen LogP) is 2.41. The fraction of sp³-hybridized carbons (Fsp3) is 0.364. The number of aldehydes is 1. The first kappa shape index (κ1) is 10.3. The van der Waals surface area contributed by atoms with Crippen LogP contribution in [0.3, 0.4) is 0 Å². The van der Waals surface area contributed by atoms with Crippen LogP contribution in [0.25, 0.3) is 0 Å². The maximum Gasteiger partial charge on any atom is 0.124 e. The molecule has 0 aromatic heterocycles. The number of carbonyl (C=O) groups excluding carboxylic acids is 1. The Kier molecular flexibility index (Phi) is 4.61. The zero-order chi connectivity index (χ0) is 9.52. The van der Waals surface area contributed by atoms with E-state index in [-0.39, 0.29) is 5.92 Å². The fourth-order valence-electron chi connectivity index (χ4n) is 1.28. The zero-order valence-corrected chi connectivity index (χ0v) is 8.59. The number of carbonyl (C=O) groups is 1. The van der Waals surface area contributed by atoms with Gasteiger partial charge in [0.1, 0.15) is 6.29 Å². The van der Waals surface area contributed by atoms with Crippen molar-refractivity contribution in [1.29, 1.82) is 0 Å². The lowest BCUT2D eigenvalue weighted by atomic mass is 10.0. The summed E-state index contributed by atoms with van der Waals surface area (Å²) < 4.78 is 0. The smallest absolute Gasteiger partial charge is 0.124 e. The van der Waals surface area contributed by atoms with Gasteiger partial charge in [0, 0.05) is 11.7 Å². The van der Waals surface area contributed by atoms with Crippen LogP contribution in [0.15, 0.2) is 30.3 Å². The molecule has 2 heteroatoms. The molecular formula is C11H14OS. The minimum absolute atomic E-state index is 0.164. The Hall–Kier alpha value is -0.760. The Labute approximate surface area is 83.5 Å². The van der Waals surface area contributed by atoms with E-state index in [9.17, 15) is 4.79 Å². The van der Waals surface area contributed by atoms with Gasteiger partial charge in [-0.25, -0.2) is 0 Å². The number of benzene rings is 1. The van der Waals surface area contributed by atoms with E-state index in [1.807, 2.05) is 24.5 Å².